The van der Waals surface area contributed by atoms with E-state index in [1.165, 1.54) is 66.1 Å². The van der Waals surface area contributed by atoms with Crippen molar-refractivity contribution in [2.24, 2.45) is 0 Å². The lowest BCUT2D eigenvalue weighted by molar-refractivity contribution is 0.582. The van der Waals surface area contributed by atoms with Gasteiger partial charge in [-0.3, -0.25) is 0 Å². The maximum atomic E-state index is 2.57. The van der Waals surface area contributed by atoms with Crippen LogP contribution in [-0.2, 0) is 10.8 Å². The highest BCUT2D eigenvalue weighted by Gasteiger charge is 2.30. The van der Waals surface area contributed by atoms with E-state index in [1.807, 2.05) is 0 Å². The maximum absolute atomic E-state index is 2.57. The first kappa shape index (κ1) is 29.2. The number of hydrogen-bond donors (Lipinski definition) is 0. The van der Waals surface area contributed by atoms with Crippen molar-refractivity contribution >= 4 is 17.2 Å². The zero-order valence-electron chi connectivity index (χ0n) is 27.3. The van der Waals surface area contributed by atoms with Gasteiger partial charge in [0.1, 0.15) is 0 Å². The molecule has 4 aromatic carbocycles. The average molecular weight is 563 g/mol. The molecule has 0 saturated heterocycles. The first-order valence-electron chi connectivity index (χ1n) is 16.0. The average Bonchev–Trinajstić information content (AvgIpc) is 3.64. The Hall–Kier alpha value is -3.90. The van der Waals surface area contributed by atoms with Crippen molar-refractivity contribution in [2.45, 2.75) is 84.5 Å². The second kappa shape index (κ2) is 11.0. The van der Waals surface area contributed by atoms with Crippen molar-refractivity contribution in [3.05, 3.63) is 147 Å². The highest BCUT2D eigenvalue weighted by atomic mass is 14.3. The molecule has 2 atom stereocenters. The van der Waals surface area contributed by atoms with E-state index in [9.17, 15) is 0 Å². The van der Waals surface area contributed by atoms with Crippen molar-refractivity contribution in [1.82, 2.24) is 0 Å². The number of rotatable bonds is 5. The summed E-state index contributed by atoms with van der Waals surface area (Å²) in [5.41, 5.74) is 14.1. The molecule has 218 valence electrons. The van der Waals surface area contributed by atoms with Gasteiger partial charge in [-0.2, -0.15) is 0 Å². The lowest BCUT2D eigenvalue weighted by atomic mass is 9.73. The summed E-state index contributed by atoms with van der Waals surface area (Å²) in [7, 11) is 0. The third-order valence-corrected chi connectivity index (χ3v) is 9.56. The summed E-state index contributed by atoms with van der Waals surface area (Å²) in [6.45, 7) is 19.0. The van der Waals surface area contributed by atoms with Gasteiger partial charge in [0.2, 0.25) is 0 Å². The van der Waals surface area contributed by atoms with E-state index < -0.39 is 0 Å². The minimum Gasteiger partial charge on any atom is -0.0801 e. The third-order valence-electron chi connectivity index (χ3n) is 9.56. The second-order valence-corrected chi connectivity index (χ2v) is 14.6. The summed E-state index contributed by atoms with van der Waals surface area (Å²) in [5.74, 6) is 0.513. The first-order chi connectivity index (χ1) is 20.4. The predicted molar refractivity (Wildman–Crippen MR) is 187 cm³/mol. The van der Waals surface area contributed by atoms with Crippen molar-refractivity contribution < 1.29 is 0 Å². The van der Waals surface area contributed by atoms with Crippen LogP contribution in [0.1, 0.15) is 107 Å². The SMILES string of the molecule is CC(C(=c1cc2c(c(C3=CC=CC3)c1C(C)(C)C)=Cc1cc(C(C)(C)C)ccc1-2)C(C)c1ccccc1)c1ccccc1. The van der Waals surface area contributed by atoms with Gasteiger partial charge < -0.3 is 0 Å². The molecule has 0 fully saturated rings. The van der Waals surface area contributed by atoms with Crippen LogP contribution in [0.25, 0.3) is 28.3 Å². The summed E-state index contributed by atoms with van der Waals surface area (Å²) in [4.78, 5) is 0. The number of hydrogen-bond acceptors (Lipinski definition) is 0. The van der Waals surface area contributed by atoms with Crippen molar-refractivity contribution in [3.63, 3.8) is 0 Å². The van der Waals surface area contributed by atoms with E-state index in [1.54, 1.807) is 0 Å². The Kier molecular flexibility index (Phi) is 7.45. The molecule has 2 aliphatic carbocycles. The smallest absolute Gasteiger partial charge is 0.00349 e. The molecule has 2 aliphatic rings. The van der Waals surface area contributed by atoms with Crippen LogP contribution in [0.3, 0.4) is 0 Å². The molecule has 0 bridgehead atoms. The van der Waals surface area contributed by atoms with Crippen LogP contribution < -0.4 is 10.4 Å². The molecule has 4 aromatic rings. The molecule has 0 nitrogen and oxygen atoms in total. The minimum absolute atomic E-state index is 0.0552. The quantitative estimate of drug-likeness (QED) is 0.200. The molecular formula is C43H46. The number of allylic oxidation sites excluding steroid dienone is 4. The fourth-order valence-electron chi connectivity index (χ4n) is 7.28. The maximum Gasteiger partial charge on any atom is 0.00349 e. The topological polar surface area (TPSA) is 0 Å². The van der Waals surface area contributed by atoms with E-state index in [4.69, 9.17) is 0 Å². The number of fused-ring (bicyclic) bond motifs is 3. The molecule has 0 N–H and O–H groups in total. The Morgan fingerprint density at radius 2 is 1.28 bits per heavy atom. The van der Waals surface area contributed by atoms with Crippen LogP contribution in [0.5, 0.6) is 0 Å². The number of benzene rings is 4. The van der Waals surface area contributed by atoms with Gasteiger partial charge in [-0.25, -0.2) is 0 Å². The van der Waals surface area contributed by atoms with Crippen LogP contribution in [-0.4, -0.2) is 0 Å². The molecule has 2 unspecified atom stereocenters. The summed E-state index contributed by atoms with van der Waals surface area (Å²) in [5, 5.41) is 2.81. The summed E-state index contributed by atoms with van der Waals surface area (Å²) >= 11 is 0. The van der Waals surface area contributed by atoms with Crippen molar-refractivity contribution in [1.29, 1.82) is 0 Å². The molecule has 0 saturated carbocycles. The van der Waals surface area contributed by atoms with E-state index in [-0.39, 0.29) is 22.7 Å². The largest absolute Gasteiger partial charge is 0.0801 e. The predicted octanol–water partition coefficient (Wildman–Crippen LogP) is 10.2. The fourth-order valence-corrected chi connectivity index (χ4v) is 7.28. The second-order valence-electron chi connectivity index (χ2n) is 14.6. The van der Waals surface area contributed by atoms with Gasteiger partial charge in [-0.15, -0.1) is 0 Å². The molecule has 0 amide bonds. The molecule has 0 radical (unpaired) electrons. The van der Waals surface area contributed by atoms with E-state index in [2.05, 4.69) is 165 Å². The monoisotopic (exact) mass is 562 g/mol. The highest BCUT2D eigenvalue weighted by Crippen LogP contribution is 2.40. The van der Waals surface area contributed by atoms with E-state index in [0.29, 0.717) is 0 Å². The Morgan fingerprint density at radius 3 is 1.79 bits per heavy atom. The van der Waals surface area contributed by atoms with Crippen molar-refractivity contribution in [3.8, 4) is 11.1 Å². The zero-order chi connectivity index (χ0) is 30.5. The van der Waals surface area contributed by atoms with Gasteiger partial charge in [0.05, 0.1) is 0 Å². The summed E-state index contributed by atoms with van der Waals surface area (Å²) in [6, 6.07) is 31.9. The third kappa shape index (κ3) is 5.38. The first-order valence-corrected chi connectivity index (χ1v) is 16.0. The lowest BCUT2D eigenvalue weighted by Gasteiger charge is -2.31. The van der Waals surface area contributed by atoms with Crippen molar-refractivity contribution in [2.75, 3.05) is 0 Å². The van der Waals surface area contributed by atoms with Crippen LogP contribution in [0.4, 0.5) is 0 Å². The van der Waals surface area contributed by atoms with Gasteiger partial charge in [0, 0.05) is 11.8 Å². The normalized spacial score (nSPS) is 15.4. The Morgan fingerprint density at radius 1 is 0.674 bits per heavy atom. The van der Waals surface area contributed by atoms with E-state index >= 15 is 0 Å². The van der Waals surface area contributed by atoms with Crippen LogP contribution >= 0.6 is 0 Å². The standard InChI is InChI=1S/C43H46/c1-28(30-17-11-9-12-18-30)39(29(2)31-19-13-10-14-20-31)38-27-36-35-24-23-34(42(3,4)5)25-33(35)26-37(36)40(32-21-15-16-22-32)41(38)43(6,7)8/h9-21,23-29H,22H2,1-8H3. The molecule has 0 spiro atoms. The van der Waals surface area contributed by atoms with Crippen LogP contribution in [0.15, 0.2) is 103 Å². The molecule has 0 aliphatic heterocycles. The molecule has 0 heteroatoms. The Labute approximate surface area is 259 Å². The molecule has 6 rings (SSSR count). The lowest BCUT2D eigenvalue weighted by Crippen LogP contribution is -2.33. The molecular weight excluding hydrogens is 516 g/mol. The van der Waals surface area contributed by atoms with Crippen LogP contribution in [0, 0.1) is 0 Å². The van der Waals surface area contributed by atoms with Crippen LogP contribution in [0.2, 0.25) is 0 Å². The molecule has 43 heavy (non-hydrogen) atoms. The summed E-state index contributed by atoms with van der Waals surface area (Å²) < 4.78 is 0. The Bertz CT molecular complexity index is 1800. The van der Waals surface area contributed by atoms with Gasteiger partial charge in [0.15, 0.2) is 0 Å². The summed E-state index contributed by atoms with van der Waals surface area (Å²) in [6.07, 6.45) is 10.4. The van der Waals surface area contributed by atoms with Gasteiger partial charge in [-0.1, -0.05) is 152 Å². The highest BCUT2D eigenvalue weighted by molar-refractivity contribution is 5.90. The van der Waals surface area contributed by atoms with Gasteiger partial charge in [0.25, 0.3) is 0 Å². The molecule has 0 heterocycles. The van der Waals surface area contributed by atoms with Gasteiger partial charge in [-0.05, 0) is 95.5 Å². The molecule has 0 aromatic heterocycles. The van der Waals surface area contributed by atoms with E-state index in [0.717, 1.165) is 6.42 Å². The fraction of sp³-hybridized carbons (Fsp3) is 0.302. The zero-order valence-corrected chi connectivity index (χ0v) is 27.3. The van der Waals surface area contributed by atoms with Gasteiger partial charge >= 0.3 is 0 Å². The Balaban J connectivity index is 1.78. The minimum atomic E-state index is -0.0552.